The maximum Gasteiger partial charge on any atom is 0.254 e. The number of carbonyl (C=O) groups is 1. The molecule has 1 saturated carbocycles. The normalized spacial score (nSPS) is 22.1. The lowest BCUT2D eigenvalue weighted by Crippen LogP contribution is -2.24. The third-order valence-corrected chi connectivity index (χ3v) is 4.34. The largest absolute Gasteiger partial charge is 0.392 e. The van der Waals surface area contributed by atoms with Crippen molar-refractivity contribution < 1.29 is 14.6 Å². The third kappa shape index (κ3) is 5.42. The molecule has 4 N–H and O–H groups in total. The van der Waals surface area contributed by atoms with Crippen LogP contribution in [-0.4, -0.2) is 46.3 Å². The van der Waals surface area contributed by atoms with Gasteiger partial charge < -0.3 is 20.9 Å². The smallest absolute Gasteiger partial charge is 0.254 e. The van der Waals surface area contributed by atoms with Gasteiger partial charge in [0.25, 0.3) is 5.91 Å². The zero-order chi connectivity index (χ0) is 17.5. The zero-order valence-electron chi connectivity index (χ0n) is 14.5. The molecule has 7 heteroatoms. The van der Waals surface area contributed by atoms with E-state index in [1.807, 2.05) is 6.92 Å². The van der Waals surface area contributed by atoms with Crippen LogP contribution in [0.1, 0.15) is 55.7 Å². The number of nitrogens with zero attached hydrogens (tertiary/aromatic N) is 2. The molecule has 0 aliphatic heterocycles. The van der Waals surface area contributed by atoms with Crippen LogP contribution in [0.5, 0.6) is 0 Å². The van der Waals surface area contributed by atoms with Crippen LogP contribution in [-0.2, 0) is 11.2 Å². The van der Waals surface area contributed by atoms with Gasteiger partial charge in [0, 0.05) is 25.8 Å². The number of aliphatic hydroxyl groups excluding tert-OH is 1. The molecule has 1 aromatic heterocycles. The van der Waals surface area contributed by atoms with Gasteiger partial charge >= 0.3 is 0 Å². The molecule has 0 saturated heterocycles. The van der Waals surface area contributed by atoms with Crippen LogP contribution in [0.25, 0.3) is 0 Å². The Balaban J connectivity index is 2.00. The Morgan fingerprint density at radius 3 is 2.75 bits per heavy atom. The lowest BCUT2D eigenvalue weighted by Gasteiger charge is -2.28. The average Bonchev–Trinajstić information content (AvgIpc) is 2.55. The number of hydrogen-bond acceptors (Lipinski definition) is 6. The molecule has 0 bridgehead atoms. The van der Waals surface area contributed by atoms with Crippen LogP contribution < -0.4 is 11.1 Å². The first-order chi connectivity index (χ1) is 11.5. The number of hydrogen-bond donors (Lipinski definition) is 3. The number of anilines is 1. The number of nitrogens with two attached hydrogens (primary N) is 1. The molecular formula is C17H28N4O3. The van der Waals surface area contributed by atoms with Crippen LogP contribution in [0.4, 0.5) is 5.82 Å². The molecule has 0 spiro atoms. The van der Waals surface area contributed by atoms with Gasteiger partial charge in [0.1, 0.15) is 11.6 Å². The van der Waals surface area contributed by atoms with Crippen molar-refractivity contribution in [3.63, 3.8) is 0 Å². The minimum Gasteiger partial charge on any atom is -0.392 e. The topological polar surface area (TPSA) is 110 Å². The van der Waals surface area contributed by atoms with Crippen molar-refractivity contribution in [1.82, 2.24) is 9.97 Å². The summed E-state index contributed by atoms with van der Waals surface area (Å²) in [5.41, 5.74) is 5.61. The van der Waals surface area contributed by atoms with Gasteiger partial charge in [-0.25, -0.2) is 9.97 Å². The first kappa shape index (κ1) is 18.6. The summed E-state index contributed by atoms with van der Waals surface area (Å²) in [6, 6.07) is 0. The first-order valence-corrected chi connectivity index (χ1v) is 8.68. The number of ether oxygens (including phenoxy) is 1. The molecule has 1 aliphatic rings. The average molecular weight is 336 g/mol. The van der Waals surface area contributed by atoms with Gasteiger partial charge in [0.05, 0.1) is 17.8 Å². The standard InChI is InChI=1S/C17H28N4O3/c1-3-24-13-6-4-12(5-7-13)8-15-19-10-14(16(18)23)17(21-15)20-9-11(2)22/h10-13,22H,3-9H2,1-2H3,(H2,18,23)(H,19,20,21)/t11-,12?,13?/m0/s1. The number of carbonyl (C=O) groups excluding carboxylic acids is 1. The van der Waals surface area contributed by atoms with Crippen LogP contribution in [0.2, 0.25) is 0 Å². The summed E-state index contributed by atoms with van der Waals surface area (Å²) in [6.07, 6.45) is 6.44. The van der Waals surface area contributed by atoms with Crippen LogP contribution >= 0.6 is 0 Å². The fourth-order valence-electron chi connectivity index (χ4n) is 3.07. The molecule has 7 nitrogen and oxygen atoms in total. The number of rotatable bonds is 8. The Kier molecular flexibility index (Phi) is 6.93. The highest BCUT2D eigenvalue weighted by Gasteiger charge is 2.23. The Morgan fingerprint density at radius 1 is 1.46 bits per heavy atom. The number of primary amides is 1. The van der Waals surface area contributed by atoms with Crippen LogP contribution in [0.3, 0.4) is 0 Å². The highest BCUT2D eigenvalue weighted by atomic mass is 16.5. The van der Waals surface area contributed by atoms with E-state index in [0.717, 1.165) is 38.7 Å². The Labute approximate surface area is 143 Å². The maximum absolute atomic E-state index is 11.5. The summed E-state index contributed by atoms with van der Waals surface area (Å²) in [7, 11) is 0. The van der Waals surface area contributed by atoms with Crippen molar-refractivity contribution >= 4 is 11.7 Å². The fourth-order valence-corrected chi connectivity index (χ4v) is 3.07. The number of nitrogens with one attached hydrogen (secondary N) is 1. The van der Waals surface area contributed by atoms with Crippen LogP contribution in [0.15, 0.2) is 6.20 Å². The highest BCUT2D eigenvalue weighted by Crippen LogP contribution is 2.28. The molecule has 1 fully saturated rings. The Hall–Kier alpha value is -1.73. The lowest BCUT2D eigenvalue weighted by molar-refractivity contribution is 0.0255. The van der Waals surface area contributed by atoms with E-state index in [0.29, 0.717) is 30.2 Å². The summed E-state index contributed by atoms with van der Waals surface area (Å²) in [6.45, 7) is 4.76. The van der Waals surface area contributed by atoms with Crippen LogP contribution in [0, 0.1) is 5.92 Å². The van der Waals surface area contributed by atoms with Gasteiger partial charge in [-0.15, -0.1) is 0 Å². The van der Waals surface area contributed by atoms with Crippen molar-refractivity contribution in [2.75, 3.05) is 18.5 Å². The fraction of sp³-hybridized carbons (Fsp3) is 0.706. The molecular weight excluding hydrogens is 308 g/mol. The molecule has 2 rings (SSSR count). The van der Waals surface area contributed by atoms with Gasteiger partial charge in [-0.1, -0.05) is 0 Å². The van der Waals surface area contributed by atoms with Crippen molar-refractivity contribution in [1.29, 1.82) is 0 Å². The molecule has 0 unspecified atom stereocenters. The van der Waals surface area contributed by atoms with Gasteiger partial charge in [0.15, 0.2) is 0 Å². The summed E-state index contributed by atoms with van der Waals surface area (Å²) in [4.78, 5) is 20.2. The third-order valence-electron chi connectivity index (χ3n) is 4.34. The summed E-state index contributed by atoms with van der Waals surface area (Å²) < 4.78 is 5.68. The molecule has 24 heavy (non-hydrogen) atoms. The summed E-state index contributed by atoms with van der Waals surface area (Å²) in [5, 5.41) is 12.4. The molecule has 1 aliphatic carbocycles. The predicted molar refractivity (Wildman–Crippen MR) is 91.8 cm³/mol. The van der Waals surface area contributed by atoms with Crippen molar-refractivity contribution in [2.45, 2.75) is 58.2 Å². The van der Waals surface area contributed by atoms with Crippen molar-refractivity contribution in [3.8, 4) is 0 Å². The minimum absolute atomic E-state index is 0.249. The maximum atomic E-state index is 11.5. The molecule has 1 heterocycles. The monoisotopic (exact) mass is 336 g/mol. The number of aliphatic hydroxyl groups is 1. The van der Waals surface area contributed by atoms with E-state index in [4.69, 9.17) is 10.5 Å². The van der Waals surface area contributed by atoms with E-state index in [1.54, 1.807) is 6.92 Å². The molecule has 1 amide bonds. The Bertz CT molecular complexity index is 543. The second kappa shape index (κ2) is 8.94. The second-order valence-corrected chi connectivity index (χ2v) is 6.44. The van der Waals surface area contributed by atoms with E-state index in [-0.39, 0.29) is 5.56 Å². The van der Waals surface area contributed by atoms with Gasteiger partial charge in [-0.2, -0.15) is 0 Å². The molecule has 134 valence electrons. The zero-order valence-corrected chi connectivity index (χ0v) is 14.5. The van der Waals surface area contributed by atoms with Crippen molar-refractivity contribution in [2.24, 2.45) is 11.7 Å². The molecule has 0 aromatic carbocycles. The highest BCUT2D eigenvalue weighted by molar-refractivity contribution is 5.97. The van der Waals surface area contributed by atoms with Gasteiger partial charge in [-0.05, 0) is 45.4 Å². The second-order valence-electron chi connectivity index (χ2n) is 6.44. The molecule has 1 atom stereocenters. The van der Waals surface area contributed by atoms with E-state index < -0.39 is 12.0 Å². The lowest BCUT2D eigenvalue weighted by atomic mass is 9.85. The predicted octanol–water partition coefficient (Wildman–Crippen LogP) is 1.51. The number of amides is 1. The molecule has 0 radical (unpaired) electrons. The van der Waals surface area contributed by atoms with E-state index >= 15 is 0 Å². The van der Waals surface area contributed by atoms with E-state index in [1.165, 1.54) is 6.20 Å². The SMILES string of the molecule is CCOC1CCC(Cc2ncc(C(N)=O)c(NC[C@H](C)O)n2)CC1. The van der Waals surface area contributed by atoms with E-state index in [2.05, 4.69) is 15.3 Å². The number of aromatic nitrogens is 2. The minimum atomic E-state index is -0.577. The summed E-state index contributed by atoms with van der Waals surface area (Å²) >= 11 is 0. The van der Waals surface area contributed by atoms with E-state index in [9.17, 15) is 9.90 Å². The summed E-state index contributed by atoms with van der Waals surface area (Å²) in [5.74, 6) is 1.06. The Morgan fingerprint density at radius 2 is 2.17 bits per heavy atom. The van der Waals surface area contributed by atoms with Gasteiger partial charge in [-0.3, -0.25) is 4.79 Å². The first-order valence-electron chi connectivity index (χ1n) is 8.68. The van der Waals surface area contributed by atoms with Gasteiger partial charge in [0.2, 0.25) is 0 Å². The molecule has 1 aromatic rings. The van der Waals surface area contributed by atoms with Crippen molar-refractivity contribution in [3.05, 3.63) is 17.6 Å². The quantitative estimate of drug-likeness (QED) is 0.663.